The maximum absolute atomic E-state index is 12.6. The molecule has 1 aromatic heterocycles. The number of carbonyl (C=O) groups is 1. The summed E-state index contributed by atoms with van der Waals surface area (Å²) < 4.78 is 0.556. The number of aliphatic hydroxyl groups is 1. The molecule has 0 fully saturated rings. The minimum Gasteiger partial charge on any atom is -0.390 e. The van der Waals surface area contributed by atoms with Gasteiger partial charge in [-0.2, -0.15) is 4.98 Å². The van der Waals surface area contributed by atoms with Crippen LogP contribution in [0.3, 0.4) is 0 Å². The number of likely N-dealkylation sites (N-methyl/N-ethyl adjacent to an activating group) is 2. The number of quaternary nitrogens is 1. The third kappa shape index (κ3) is 6.54. The molecule has 2 N–H and O–H groups in total. The molecule has 1 aromatic carbocycles. The Bertz CT molecular complexity index is 886. The number of aromatic nitrogens is 2. The van der Waals surface area contributed by atoms with Gasteiger partial charge in [-0.15, -0.1) is 0 Å². The second kappa shape index (κ2) is 10.3. The van der Waals surface area contributed by atoms with Crippen LogP contribution in [-0.2, 0) is 13.0 Å². The zero-order chi connectivity index (χ0) is 22.4. The lowest BCUT2D eigenvalue weighted by molar-refractivity contribution is 0.0838. The Morgan fingerprint density at radius 3 is 2.74 bits per heavy atom. The van der Waals surface area contributed by atoms with Crippen molar-refractivity contribution in [2.24, 2.45) is 0 Å². The van der Waals surface area contributed by atoms with Crippen molar-refractivity contribution in [3.8, 4) is 0 Å². The highest BCUT2D eigenvalue weighted by atomic mass is 16.3. The lowest BCUT2D eigenvalue weighted by Crippen LogP contribution is -2.46. The first-order chi connectivity index (χ1) is 14.7. The fourth-order valence-corrected chi connectivity index (χ4v) is 3.74. The largest absolute Gasteiger partial charge is 0.390 e. The summed E-state index contributed by atoms with van der Waals surface area (Å²) in [5.41, 5.74) is 3.02. The van der Waals surface area contributed by atoms with E-state index in [1.807, 2.05) is 14.1 Å². The van der Waals surface area contributed by atoms with Crippen LogP contribution in [0.5, 0.6) is 0 Å². The Balaban J connectivity index is 1.51. The number of nitrogens with one attached hydrogen (secondary N) is 1. The van der Waals surface area contributed by atoms with Gasteiger partial charge >= 0.3 is 0 Å². The van der Waals surface area contributed by atoms with Gasteiger partial charge in [0.2, 0.25) is 5.82 Å². The third-order valence-electron chi connectivity index (χ3n) is 5.79. The van der Waals surface area contributed by atoms with Crippen LogP contribution >= 0.6 is 0 Å². The van der Waals surface area contributed by atoms with E-state index in [0.717, 1.165) is 38.4 Å². The smallest absolute Gasteiger partial charge is 0.270 e. The van der Waals surface area contributed by atoms with Crippen molar-refractivity contribution in [1.29, 1.82) is 0 Å². The van der Waals surface area contributed by atoms with E-state index in [0.29, 0.717) is 16.7 Å². The van der Waals surface area contributed by atoms with Crippen LogP contribution in [0.2, 0.25) is 0 Å². The Labute approximate surface area is 185 Å². The van der Waals surface area contributed by atoms with Crippen molar-refractivity contribution in [3.63, 3.8) is 0 Å². The van der Waals surface area contributed by atoms with Crippen LogP contribution in [0.15, 0.2) is 36.7 Å². The highest BCUT2D eigenvalue weighted by Gasteiger charge is 2.23. The second-order valence-electron chi connectivity index (χ2n) is 9.09. The molecule has 1 atom stereocenters. The van der Waals surface area contributed by atoms with Crippen LogP contribution in [0.25, 0.3) is 0 Å². The summed E-state index contributed by atoms with van der Waals surface area (Å²) in [6.45, 7) is 4.23. The number of hydrogen-bond donors (Lipinski definition) is 2. The molecule has 1 aliphatic heterocycles. The van der Waals surface area contributed by atoms with Crippen molar-refractivity contribution < 1.29 is 9.90 Å². The molecule has 168 valence electrons. The van der Waals surface area contributed by atoms with Gasteiger partial charge in [0.1, 0.15) is 12.0 Å². The zero-order valence-corrected chi connectivity index (χ0v) is 19.1. The Morgan fingerprint density at radius 1 is 1.26 bits per heavy atom. The molecule has 8 heteroatoms. The fourth-order valence-electron chi connectivity index (χ4n) is 3.74. The number of carbonyl (C=O) groups excluding carboxylic acids is 1. The standard InChI is InChI=1S/C23H34N6O2/c1-27(2)11-12-29(3,4)22-13-21(25-17-26-22)23(31)24-14-20(30)16-28-10-9-18-7-5-6-8-19(18)15-28/h5-8,13,17,20,30H,9-12,14-16H2,1-4H3/p+1/t20-/m0/s1. The molecule has 3 rings (SSSR count). The van der Waals surface area contributed by atoms with E-state index in [1.54, 1.807) is 6.07 Å². The number of fused-ring (bicyclic) bond motifs is 1. The van der Waals surface area contributed by atoms with Crippen LogP contribution in [0, 0.1) is 0 Å². The average molecular weight is 428 g/mol. The predicted octanol–water partition coefficient (Wildman–Crippen LogP) is 0.754. The number of aliphatic hydroxyl groups excluding tert-OH is 1. The summed E-state index contributed by atoms with van der Waals surface area (Å²) >= 11 is 0. The van der Waals surface area contributed by atoms with Crippen molar-refractivity contribution in [2.45, 2.75) is 19.1 Å². The summed E-state index contributed by atoms with van der Waals surface area (Å²) in [5, 5.41) is 13.3. The molecule has 0 aliphatic carbocycles. The van der Waals surface area contributed by atoms with Gasteiger partial charge in [0, 0.05) is 32.7 Å². The SMILES string of the molecule is CN(C)CC[N+](C)(C)c1cc(C(=O)NC[C@H](O)CN2CCc3ccccc3C2)ncn1. The van der Waals surface area contributed by atoms with Gasteiger partial charge in [0.25, 0.3) is 5.91 Å². The first kappa shape index (κ1) is 23.3. The summed E-state index contributed by atoms with van der Waals surface area (Å²) in [5.74, 6) is 0.494. The van der Waals surface area contributed by atoms with E-state index in [1.165, 1.54) is 17.5 Å². The molecule has 2 heterocycles. The van der Waals surface area contributed by atoms with Gasteiger partial charge in [-0.1, -0.05) is 24.3 Å². The monoisotopic (exact) mass is 427 g/mol. The molecule has 0 bridgehead atoms. The number of amides is 1. The average Bonchev–Trinajstić information content (AvgIpc) is 2.76. The fraction of sp³-hybridized carbons (Fsp3) is 0.522. The van der Waals surface area contributed by atoms with E-state index in [-0.39, 0.29) is 12.5 Å². The number of β-amino-alcohol motifs (C(OH)–C–C–N with tert-alkyl or cyclic N) is 1. The summed E-state index contributed by atoms with van der Waals surface area (Å²) in [6, 6.07) is 10.2. The molecule has 2 aromatic rings. The normalized spacial score (nSPS) is 15.5. The maximum Gasteiger partial charge on any atom is 0.270 e. The topological polar surface area (TPSA) is 81.6 Å². The third-order valence-corrected chi connectivity index (χ3v) is 5.79. The van der Waals surface area contributed by atoms with E-state index < -0.39 is 6.10 Å². The predicted molar refractivity (Wildman–Crippen MR) is 123 cm³/mol. The van der Waals surface area contributed by atoms with Crippen LogP contribution in [-0.4, -0.2) is 97.8 Å². The lowest BCUT2D eigenvalue weighted by atomic mass is 10.00. The Hall–Kier alpha value is -2.39. The summed E-state index contributed by atoms with van der Waals surface area (Å²) in [6.07, 6.45) is 1.78. The molecule has 0 saturated heterocycles. The first-order valence-electron chi connectivity index (χ1n) is 10.8. The maximum atomic E-state index is 12.6. The molecule has 31 heavy (non-hydrogen) atoms. The Morgan fingerprint density at radius 2 is 2.00 bits per heavy atom. The molecule has 1 aliphatic rings. The Kier molecular flexibility index (Phi) is 7.72. The van der Waals surface area contributed by atoms with Gasteiger partial charge in [-0.05, 0) is 31.6 Å². The molecular formula is C23H35N6O2+. The van der Waals surface area contributed by atoms with Gasteiger partial charge in [0.15, 0.2) is 0 Å². The van der Waals surface area contributed by atoms with Crippen LogP contribution in [0.4, 0.5) is 5.82 Å². The van der Waals surface area contributed by atoms with Crippen LogP contribution in [0.1, 0.15) is 21.6 Å². The molecule has 0 spiro atoms. The van der Waals surface area contributed by atoms with Crippen molar-refractivity contribution >= 4 is 11.7 Å². The summed E-state index contributed by atoms with van der Waals surface area (Å²) in [4.78, 5) is 25.5. The van der Waals surface area contributed by atoms with E-state index in [4.69, 9.17) is 0 Å². The van der Waals surface area contributed by atoms with Crippen LogP contribution < -0.4 is 9.80 Å². The number of nitrogens with zero attached hydrogens (tertiary/aromatic N) is 5. The second-order valence-corrected chi connectivity index (χ2v) is 9.09. The van der Waals surface area contributed by atoms with E-state index >= 15 is 0 Å². The van der Waals surface area contributed by atoms with Crippen molar-refractivity contribution in [1.82, 2.24) is 29.6 Å². The van der Waals surface area contributed by atoms with Crippen molar-refractivity contribution in [3.05, 3.63) is 53.5 Å². The number of rotatable bonds is 9. The first-order valence-corrected chi connectivity index (χ1v) is 10.8. The number of benzene rings is 1. The lowest BCUT2D eigenvalue weighted by Gasteiger charge is -2.30. The number of hydrogen-bond acceptors (Lipinski definition) is 6. The highest BCUT2D eigenvalue weighted by Crippen LogP contribution is 2.18. The quantitative estimate of drug-likeness (QED) is 0.575. The molecule has 0 unspecified atom stereocenters. The minimum atomic E-state index is -0.636. The van der Waals surface area contributed by atoms with Gasteiger partial charge in [-0.3, -0.25) is 14.2 Å². The molecule has 0 saturated carbocycles. The van der Waals surface area contributed by atoms with Gasteiger partial charge < -0.3 is 15.3 Å². The molecular weight excluding hydrogens is 392 g/mol. The molecule has 1 amide bonds. The van der Waals surface area contributed by atoms with Gasteiger partial charge in [-0.25, -0.2) is 4.98 Å². The molecule has 8 nitrogen and oxygen atoms in total. The summed E-state index contributed by atoms with van der Waals surface area (Å²) in [7, 11) is 8.20. The van der Waals surface area contributed by atoms with E-state index in [9.17, 15) is 9.90 Å². The molecule has 0 radical (unpaired) electrons. The van der Waals surface area contributed by atoms with Gasteiger partial charge in [0.05, 0.1) is 32.8 Å². The van der Waals surface area contributed by atoms with E-state index in [2.05, 4.69) is 63.4 Å². The highest BCUT2D eigenvalue weighted by molar-refractivity contribution is 5.92. The van der Waals surface area contributed by atoms with Crippen molar-refractivity contribution in [2.75, 3.05) is 60.9 Å². The minimum absolute atomic E-state index is 0.190. The zero-order valence-electron chi connectivity index (χ0n) is 19.1.